The third-order valence-electron chi connectivity index (χ3n) is 9.02. The molecule has 1 N–H and O–H groups in total. The van der Waals surface area contributed by atoms with Gasteiger partial charge in [0, 0.05) is 35.9 Å². The maximum atomic E-state index is 15.5. The van der Waals surface area contributed by atoms with Crippen molar-refractivity contribution in [3.63, 3.8) is 0 Å². The summed E-state index contributed by atoms with van der Waals surface area (Å²) in [6.45, 7) is 3.81. The standard InChI is InChI=1S/C40H38FN5O6/c1-49-35-14-7-6-13-32(35)46-31-12-5-4-11-29(31)44-38(40(46)48)39(47)43-26-15-16-34(28(41)23-26)52-33-17-18-42-30-25-37(36(50-2)24-27(30)33)51-22-10-21-45-19-8-3-9-20-45/h4-7,11-18,23-25H,3,8-10,19-22H2,1-2H3,(H,43,47). The topological polar surface area (TPSA) is 117 Å². The molecule has 266 valence electrons. The van der Waals surface area contributed by atoms with Gasteiger partial charge in [-0.25, -0.2) is 9.37 Å². The number of amides is 1. The van der Waals surface area contributed by atoms with Crippen LogP contribution in [-0.4, -0.2) is 65.8 Å². The van der Waals surface area contributed by atoms with E-state index in [0.717, 1.165) is 32.1 Å². The van der Waals surface area contributed by atoms with Crippen molar-refractivity contribution in [1.82, 2.24) is 19.4 Å². The fourth-order valence-corrected chi connectivity index (χ4v) is 6.45. The number of aromatic nitrogens is 3. The molecule has 0 atom stereocenters. The van der Waals surface area contributed by atoms with Crippen molar-refractivity contribution in [2.24, 2.45) is 0 Å². The minimum absolute atomic E-state index is 0.0788. The number of anilines is 1. The molecule has 0 aliphatic carbocycles. The number of hydrogen-bond acceptors (Lipinski definition) is 9. The highest BCUT2D eigenvalue weighted by atomic mass is 19.1. The molecule has 1 fully saturated rings. The van der Waals surface area contributed by atoms with Gasteiger partial charge in [-0.1, -0.05) is 30.7 Å². The SMILES string of the molecule is COc1cc2c(Oc3ccc(NC(=O)c4nc5ccccc5n(-c5ccccc5OC)c4=O)cc3F)ccnc2cc1OCCCN1CCCCC1. The molecule has 0 bridgehead atoms. The van der Waals surface area contributed by atoms with Gasteiger partial charge in [0.25, 0.3) is 11.5 Å². The van der Waals surface area contributed by atoms with E-state index in [4.69, 9.17) is 18.9 Å². The quantitative estimate of drug-likeness (QED) is 0.130. The molecular weight excluding hydrogens is 665 g/mol. The van der Waals surface area contributed by atoms with Gasteiger partial charge in [0.2, 0.25) is 0 Å². The Morgan fingerprint density at radius 3 is 2.42 bits per heavy atom. The van der Waals surface area contributed by atoms with E-state index in [0.29, 0.717) is 57.2 Å². The zero-order chi connectivity index (χ0) is 36.0. The first-order valence-corrected chi connectivity index (χ1v) is 17.2. The molecule has 12 heteroatoms. The van der Waals surface area contributed by atoms with Crippen molar-refractivity contribution in [1.29, 1.82) is 0 Å². The third kappa shape index (κ3) is 7.24. The number of pyridine rings is 1. The van der Waals surface area contributed by atoms with Crippen LogP contribution in [0.2, 0.25) is 0 Å². The number of para-hydroxylation sites is 4. The van der Waals surface area contributed by atoms with Crippen LogP contribution in [0.4, 0.5) is 10.1 Å². The first-order valence-electron chi connectivity index (χ1n) is 17.2. The summed E-state index contributed by atoms with van der Waals surface area (Å²) >= 11 is 0. The molecule has 52 heavy (non-hydrogen) atoms. The molecule has 7 rings (SSSR count). The van der Waals surface area contributed by atoms with Gasteiger partial charge in [0.15, 0.2) is 28.8 Å². The number of nitrogens with one attached hydrogen (secondary N) is 1. The van der Waals surface area contributed by atoms with Crippen LogP contribution < -0.4 is 29.8 Å². The number of benzene rings is 4. The lowest BCUT2D eigenvalue weighted by molar-refractivity contribution is 0.102. The average Bonchev–Trinajstić information content (AvgIpc) is 3.17. The highest BCUT2D eigenvalue weighted by Gasteiger charge is 2.21. The first kappa shape index (κ1) is 34.4. The summed E-state index contributed by atoms with van der Waals surface area (Å²) in [7, 11) is 3.06. The Kier molecular flexibility index (Phi) is 10.3. The van der Waals surface area contributed by atoms with Crippen LogP contribution in [0.25, 0.3) is 27.6 Å². The molecule has 1 amide bonds. The van der Waals surface area contributed by atoms with Crippen LogP contribution >= 0.6 is 0 Å². The van der Waals surface area contributed by atoms with E-state index in [1.165, 1.54) is 43.1 Å². The summed E-state index contributed by atoms with van der Waals surface area (Å²) in [5.41, 5.74) is 1.03. The van der Waals surface area contributed by atoms with Crippen molar-refractivity contribution < 1.29 is 28.1 Å². The van der Waals surface area contributed by atoms with Crippen LogP contribution in [0, 0.1) is 5.82 Å². The van der Waals surface area contributed by atoms with Crippen LogP contribution in [0.3, 0.4) is 0 Å². The predicted molar refractivity (Wildman–Crippen MR) is 197 cm³/mol. The van der Waals surface area contributed by atoms with E-state index in [2.05, 4.69) is 20.2 Å². The van der Waals surface area contributed by atoms with Gasteiger partial charge < -0.3 is 29.2 Å². The number of carbonyl (C=O) groups is 1. The molecule has 1 aliphatic heterocycles. The number of ether oxygens (including phenoxy) is 4. The minimum Gasteiger partial charge on any atom is -0.495 e. The zero-order valence-corrected chi connectivity index (χ0v) is 28.9. The Bertz CT molecular complexity index is 2310. The number of methoxy groups -OCH3 is 2. The summed E-state index contributed by atoms with van der Waals surface area (Å²) in [4.78, 5) is 38.6. The number of carbonyl (C=O) groups excluding carboxylic acids is 1. The summed E-state index contributed by atoms with van der Waals surface area (Å²) in [5.74, 6) is 0.259. The zero-order valence-electron chi connectivity index (χ0n) is 28.9. The molecule has 4 aromatic carbocycles. The minimum atomic E-state index is -0.802. The summed E-state index contributed by atoms with van der Waals surface area (Å²) in [6, 6.07) is 23.1. The molecular formula is C40H38FN5O6. The molecule has 3 heterocycles. The monoisotopic (exact) mass is 703 g/mol. The second-order valence-electron chi connectivity index (χ2n) is 12.4. The van der Waals surface area contributed by atoms with E-state index in [9.17, 15) is 9.59 Å². The van der Waals surface area contributed by atoms with Gasteiger partial charge >= 0.3 is 0 Å². The average molecular weight is 704 g/mol. The van der Waals surface area contributed by atoms with Gasteiger partial charge in [0.05, 0.1) is 43.1 Å². The maximum absolute atomic E-state index is 15.5. The van der Waals surface area contributed by atoms with Gasteiger partial charge in [-0.15, -0.1) is 0 Å². The smallest absolute Gasteiger partial charge is 0.287 e. The summed E-state index contributed by atoms with van der Waals surface area (Å²) < 4.78 is 40.1. The largest absolute Gasteiger partial charge is 0.495 e. The lowest BCUT2D eigenvalue weighted by Crippen LogP contribution is -2.31. The second-order valence-corrected chi connectivity index (χ2v) is 12.4. The molecule has 11 nitrogen and oxygen atoms in total. The van der Waals surface area contributed by atoms with E-state index < -0.39 is 17.3 Å². The molecule has 0 radical (unpaired) electrons. The normalized spacial score (nSPS) is 13.2. The summed E-state index contributed by atoms with van der Waals surface area (Å²) in [5, 5.41) is 3.21. The lowest BCUT2D eigenvalue weighted by Gasteiger charge is -2.26. The van der Waals surface area contributed by atoms with Gasteiger partial charge in [-0.3, -0.25) is 19.1 Å². The number of hydrogen-bond donors (Lipinski definition) is 1. The van der Waals surface area contributed by atoms with E-state index >= 15 is 4.39 Å². The first-order chi connectivity index (χ1) is 25.4. The number of halogens is 1. The van der Waals surface area contributed by atoms with Gasteiger partial charge in [-0.05, 0) is 80.9 Å². The predicted octanol–water partition coefficient (Wildman–Crippen LogP) is 7.39. The number of rotatable bonds is 12. The van der Waals surface area contributed by atoms with E-state index in [-0.39, 0.29) is 17.1 Å². The molecule has 1 aliphatic rings. The Labute approximate surface area is 299 Å². The van der Waals surface area contributed by atoms with Crippen LogP contribution in [0.5, 0.6) is 28.7 Å². The van der Waals surface area contributed by atoms with Crippen LogP contribution in [0.1, 0.15) is 36.2 Å². The fraction of sp³-hybridized carbons (Fsp3) is 0.250. The number of nitrogens with zero attached hydrogens (tertiary/aromatic N) is 4. The molecule has 0 unspecified atom stereocenters. The highest BCUT2D eigenvalue weighted by molar-refractivity contribution is 6.03. The van der Waals surface area contributed by atoms with Gasteiger partial charge in [0.1, 0.15) is 11.5 Å². The van der Waals surface area contributed by atoms with Crippen molar-refractivity contribution in [2.75, 3.05) is 45.8 Å². The van der Waals surface area contributed by atoms with Crippen LogP contribution in [-0.2, 0) is 0 Å². The fourth-order valence-electron chi connectivity index (χ4n) is 6.45. The van der Waals surface area contributed by atoms with E-state index in [1.54, 1.807) is 80.0 Å². The van der Waals surface area contributed by atoms with Crippen LogP contribution in [0.15, 0.2) is 95.9 Å². The number of likely N-dealkylation sites (tertiary alicyclic amines) is 1. The third-order valence-corrected chi connectivity index (χ3v) is 9.02. The van der Waals surface area contributed by atoms with Crippen molar-refractivity contribution in [3.8, 4) is 34.4 Å². The van der Waals surface area contributed by atoms with Crippen molar-refractivity contribution >= 4 is 33.5 Å². The Hall–Kier alpha value is -6.01. The second kappa shape index (κ2) is 15.5. The van der Waals surface area contributed by atoms with Gasteiger partial charge in [-0.2, -0.15) is 0 Å². The lowest BCUT2D eigenvalue weighted by atomic mass is 10.1. The molecule has 2 aromatic heterocycles. The Balaban J connectivity index is 1.09. The highest BCUT2D eigenvalue weighted by Crippen LogP contribution is 2.38. The Morgan fingerprint density at radius 2 is 1.62 bits per heavy atom. The summed E-state index contributed by atoms with van der Waals surface area (Å²) in [6.07, 6.45) is 6.27. The molecule has 1 saturated heterocycles. The Morgan fingerprint density at radius 1 is 0.827 bits per heavy atom. The maximum Gasteiger partial charge on any atom is 0.287 e. The molecule has 0 spiro atoms. The van der Waals surface area contributed by atoms with Crippen molar-refractivity contribution in [3.05, 3.63) is 113 Å². The van der Waals surface area contributed by atoms with E-state index in [1.807, 2.05) is 0 Å². The number of fused-ring (bicyclic) bond motifs is 2. The molecule has 0 saturated carbocycles. The van der Waals surface area contributed by atoms with Crippen molar-refractivity contribution in [2.45, 2.75) is 25.7 Å². The molecule has 6 aromatic rings. The number of piperidine rings is 1.